The lowest BCUT2D eigenvalue weighted by Gasteiger charge is -2.14. The van der Waals surface area contributed by atoms with Crippen LogP contribution >= 0.6 is 0 Å². The van der Waals surface area contributed by atoms with E-state index in [2.05, 4.69) is 5.32 Å². The fourth-order valence-corrected chi connectivity index (χ4v) is 4.90. The Hall–Kier alpha value is -4.25. The molecule has 0 saturated carbocycles. The normalized spacial score (nSPS) is 13.5. The van der Waals surface area contributed by atoms with Crippen molar-refractivity contribution >= 4 is 5.52 Å². The van der Waals surface area contributed by atoms with Gasteiger partial charge < -0.3 is 5.32 Å². The van der Waals surface area contributed by atoms with Gasteiger partial charge in [0, 0.05) is 56.8 Å². The Balaban J connectivity index is 1.57. The van der Waals surface area contributed by atoms with Crippen LogP contribution in [0.3, 0.4) is 0 Å². The smallest absolute Gasteiger partial charge is 0.312 e. The predicted octanol–water partition coefficient (Wildman–Crippen LogP) is 2.31. The maximum absolute atomic E-state index is 15.4. The summed E-state index contributed by atoms with van der Waals surface area (Å²) in [7, 11) is 1.54. The molecule has 5 heterocycles. The Kier molecular flexibility index (Phi) is 4.87. The molecule has 0 unspecified atom stereocenters. The first-order chi connectivity index (χ1) is 17.3. The number of imidazole rings is 1. The SMILES string of the molecule is Cc1cc(-n2nc3c(c2-n2ccn(-c4ccn5c(cc(=O)n5C)c4F)c2=O)CNCC3)cc(C)c1F. The molecule has 9 nitrogen and oxygen atoms in total. The minimum Gasteiger partial charge on any atom is -0.312 e. The fraction of sp³-hybridized carbons (Fsp3) is 0.240. The van der Waals surface area contributed by atoms with Crippen LogP contribution in [0.15, 0.2) is 52.4 Å². The van der Waals surface area contributed by atoms with E-state index < -0.39 is 11.5 Å². The lowest BCUT2D eigenvalue weighted by molar-refractivity contribution is 0.603. The van der Waals surface area contributed by atoms with Gasteiger partial charge in [0.1, 0.15) is 17.2 Å². The van der Waals surface area contributed by atoms with E-state index in [9.17, 15) is 14.0 Å². The third-order valence-corrected chi connectivity index (χ3v) is 6.78. The lowest BCUT2D eigenvalue weighted by atomic mass is 10.1. The zero-order valence-electron chi connectivity index (χ0n) is 19.9. The molecule has 1 N–H and O–H groups in total. The quantitative estimate of drug-likeness (QED) is 0.420. The minimum atomic E-state index is -0.683. The van der Waals surface area contributed by atoms with Gasteiger partial charge in [-0.05, 0) is 43.2 Å². The van der Waals surface area contributed by atoms with Gasteiger partial charge >= 0.3 is 5.69 Å². The Bertz CT molecular complexity index is 1780. The number of pyridine rings is 1. The number of fused-ring (bicyclic) bond motifs is 2. The van der Waals surface area contributed by atoms with E-state index in [0.717, 1.165) is 17.8 Å². The summed E-state index contributed by atoms with van der Waals surface area (Å²) >= 11 is 0. The van der Waals surface area contributed by atoms with Crippen LogP contribution in [-0.4, -0.2) is 34.7 Å². The molecule has 6 rings (SSSR count). The topological polar surface area (TPSA) is 83.2 Å². The first-order valence-electron chi connectivity index (χ1n) is 11.5. The van der Waals surface area contributed by atoms with Crippen LogP contribution in [0.2, 0.25) is 0 Å². The van der Waals surface area contributed by atoms with Crippen molar-refractivity contribution in [1.82, 2.24) is 33.4 Å². The number of hydrogen-bond donors (Lipinski definition) is 1. The van der Waals surface area contributed by atoms with Gasteiger partial charge in [-0.15, -0.1) is 0 Å². The molecular formula is C25H23F2N7O2. The second kappa shape index (κ2) is 7.89. The van der Waals surface area contributed by atoms with Crippen LogP contribution in [0, 0.1) is 25.5 Å². The van der Waals surface area contributed by atoms with E-state index in [1.807, 2.05) is 0 Å². The molecule has 0 atom stereocenters. The molecule has 0 bridgehead atoms. The fourth-order valence-electron chi connectivity index (χ4n) is 4.90. The Morgan fingerprint density at radius 1 is 0.972 bits per heavy atom. The van der Waals surface area contributed by atoms with Crippen LogP contribution in [-0.2, 0) is 20.0 Å². The molecule has 0 radical (unpaired) electrons. The molecule has 36 heavy (non-hydrogen) atoms. The van der Waals surface area contributed by atoms with Gasteiger partial charge in [-0.1, -0.05) is 0 Å². The molecule has 0 amide bonds. The minimum absolute atomic E-state index is 0.0240. The number of aromatic nitrogens is 6. The first-order valence-corrected chi connectivity index (χ1v) is 11.5. The summed E-state index contributed by atoms with van der Waals surface area (Å²) in [4.78, 5) is 25.7. The van der Waals surface area contributed by atoms with Gasteiger partial charge in [-0.25, -0.2) is 22.9 Å². The third-order valence-electron chi connectivity index (χ3n) is 6.78. The number of nitrogens with one attached hydrogen (secondary N) is 1. The monoisotopic (exact) mass is 491 g/mol. The van der Waals surface area contributed by atoms with Crippen molar-refractivity contribution in [3.8, 4) is 17.2 Å². The third kappa shape index (κ3) is 3.12. The number of rotatable bonds is 3. The molecule has 5 aromatic rings. The van der Waals surface area contributed by atoms with E-state index in [-0.39, 0.29) is 22.6 Å². The predicted molar refractivity (Wildman–Crippen MR) is 129 cm³/mol. The summed E-state index contributed by atoms with van der Waals surface area (Å²) in [5.74, 6) is -0.450. The van der Waals surface area contributed by atoms with Crippen LogP contribution in [0.5, 0.6) is 0 Å². The largest absolute Gasteiger partial charge is 0.338 e. The molecule has 0 aliphatic carbocycles. The van der Waals surface area contributed by atoms with E-state index in [0.29, 0.717) is 35.6 Å². The highest BCUT2D eigenvalue weighted by molar-refractivity contribution is 5.55. The second-order valence-electron chi connectivity index (χ2n) is 9.05. The summed E-state index contributed by atoms with van der Waals surface area (Å²) < 4.78 is 36.7. The van der Waals surface area contributed by atoms with Gasteiger partial charge in [0.05, 0.1) is 17.1 Å². The van der Waals surface area contributed by atoms with Gasteiger partial charge in [0.2, 0.25) is 0 Å². The van der Waals surface area contributed by atoms with Crippen LogP contribution < -0.4 is 16.6 Å². The summed E-state index contributed by atoms with van der Waals surface area (Å²) in [6, 6.07) is 6.03. The molecular weight excluding hydrogens is 468 g/mol. The van der Waals surface area contributed by atoms with Gasteiger partial charge in [0.25, 0.3) is 5.56 Å². The molecule has 1 aliphatic heterocycles. The van der Waals surface area contributed by atoms with Crippen molar-refractivity contribution in [3.63, 3.8) is 0 Å². The summed E-state index contributed by atoms with van der Waals surface area (Å²) in [6.07, 6.45) is 5.27. The van der Waals surface area contributed by atoms with Crippen molar-refractivity contribution in [2.24, 2.45) is 7.05 Å². The molecule has 0 saturated heterocycles. The standard InChI is InChI=1S/C25H23F2N7O2/c1-14-10-16(11-15(2)22(14)26)34-24(17-13-28-6-4-18(17)29-34)32-9-8-31(25(32)36)19-5-7-33-20(23(19)27)12-21(35)30(33)3/h5,7-12,28H,4,6,13H2,1-3H3. The van der Waals surface area contributed by atoms with Crippen molar-refractivity contribution in [3.05, 3.63) is 97.7 Å². The second-order valence-corrected chi connectivity index (χ2v) is 9.05. The lowest BCUT2D eigenvalue weighted by Crippen LogP contribution is -2.27. The number of nitrogens with zero attached hydrogens (tertiary/aromatic N) is 6. The van der Waals surface area contributed by atoms with Crippen LogP contribution in [0.1, 0.15) is 22.4 Å². The highest BCUT2D eigenvalue weighted by atomic mass is 19.1. The highest BCUT2D eigenvalue weighted by Crippen LogP contribution is 2.27. The summed E-state index contributed by atoms with van der Waals surface area (Å²) in [6.45, 7) is 4.64. The Morgan fingerprint density at radius 3 is 2.44 bits per heavy atom. The zero-order valence-corrected chi connectivity index (χ0v) is 19.9. The Morgan fingerprint density at radius 2 is 1.69 bits per heavy atom. The summed E-state index contributed by atoms with van der Waals surface area (Å²) in [5.41, 5.74) is 2.52. The number of aryl methyl sites for hydroxylation is 3. The summed E-state index contributed by atoms with van der Waals surface area (Å²) in [5, 5.41) is 8.09. The van der Waals surface area contributed by atoms with E-state index in [1.54, 1.807) is 43.1 Å². The Labute approximate surface area is 203 Å². The van der Waals surface area contributed by atoms with Gasteiger partial charge in [0.15, 0.2) is 5.82 Å². The van der Waals surface area contributed by atoms with Crippen molar-refractivity contribution in [1.29, 1.82) is 0 Å². The number of hydrogen-bond acceptors (Lipinski definition) is 4. The van der Waals surface area contributed by atoms with Gasteiger partial charge in [-0.2, -0.15) is 5.10 Å². The average Bonchev–Trinajstić information content (AvgIpc) is 3.51. The van der Waals surface area contributed by atoms with Crippen molar-refractivity contribution in [2.75, 3.05) is 6.54 Å². The van der Waals surface area contributed by atoms with E-state index in [4.69, 9.17) is 5.10 Å². The highest BCUT2D eigenvalue weighted by Gasteiger charge is 2.25. The zero-order chi connectivity index (χ0) is 25.3. The number of benzene rings is 1. The molecule has 184 valence electrons. The van der Waals surface area contributed by atoms with Crippen LogP contribution in [0.4, 0.5) is 8.78 Å². The molecule has 1 aromatic carbocycles. The van der Waals surface area contributed by atoms with E-state index >= 15 is 4.39 Å². The molecule has 11 heteroatoms. The molecule has 0 fully saturated rings. The van der Waals surface area contributed by atoms with Crippen LogP contribution in [0.25, 0.3) is 22.7 Å². The number of halogens is 2. The van der Waals surface area contributed by atoms with Crippen molar-refractivity contribution < 1.29 is 8.78 Å². The molecule has 0 spiro atoms. The maximum atomic E-state index is 15.4. The van der Waals surface area contributed by atoms with Crippen molar-refractivity contribution in [2.45, 2.75) is 26.8 Å². The van der Waals surface area contributed by atoms with E-state index in [1.165, 1.54) is 43.7 Å². The average molecular weight is 492 g/mol. The van der Waals surface area contributed by atoms with Gasteiger partial charge in [-0.3, -0.25) is 18.4 Å². The first kappa shape index (κ1) is 22.2. The molecule has 4 aromatic heterocycles. The maximum Gasteiger partial charge on any atom is 0.338 e. The molecule has 1 aliphatic rings.